The van der Waals surface area contributed by atoms with Crippen molar-refractivity contribution in [1.29, 1.82) is 0 Å². The molecule has 0 saturated heterocycles. The lowest BCUT2D eigenvalue weighted by molar-refractivity contribution is 0.0953. The molecular weight excluding hydrogens is 346 g/mol. The second kappa shape index (κ2) is 9.74. The van der Waals surface area contributed by atoms with E-state index in [-0.39, 0.29) is 5.91 Å². The van der Waals surface area contributed by atoms with E-state index in [0.29, 0.717) is 6.04 Å². The summed E-state index contributed by atoms with van der Waals surface area (Å²) >= 11 is 0. The standard InChI is InChI=1S/C24H33N3O/c1-18-7-8-22-17-21(13-14-23(22)27(18)3)19-9-11-20(12-10-19)24(28)26-16-6-4-5-15-25-2/h9-14,17-18,25H,4-8,15-16H2,1-3H3,(H,26,28)/t18-/m0/s1. The fourth-order valence-electron chi connectivity index (χ4n) is 3.83. The third kappa shape index (κ3) is 4.93. The minimum atomic E-state index is 0.0150. The largest absolute Gasteiger partial charge is 0.372 e. The predicted octanol–water partition coefficient (Wildman–Crippen LogP) is 4.24. The summed E-state index contributed by atoms with van der Waals surface area (Å²) in [6, 6.07) is 15.3. The Bertz CT molecular complexity index is 785. The van der Waals surface area contributed by atoms with Crippen LogP contribution in [0, 0.1) is 0 Å². The summed E-state index contributed by atoms with van der Waals surface area (Å²) in [6.45, 7) is 4.05. The molecule has 150 valence electrons. The third-order valence-corrected chi connectivity index (χ3v) is 5.82. The summed E-state index contributed by atoms with van der Waals surface area (Å²) in [5, 5.41) is 6.16. The van der Waals surface area contributed by atoms with Gasteiger partial charge in [-0.1, -0.05) is 24.6 Å². The Labute approximate surface area is 169 Å². The fourth-order valence-corrected chi connectivity index (χ4v) is 3.83. The van der Waals surface area contributed by atoms with E-state index in [9.17, 15) is 4.79 Å². The van der Waals surface area contributed by atoms with Crippen LogP contribution in [-0.2, 0) is 6.42 Å². The highest BCUT2D eigenvalue weighted by Crippen LogP contribution is 2.33. The third-order valence-electron chi connectivity index (χ3n) is 5.82. The van der Waals surface area contributed by atoms with Crippen LogP contribution in [0.15, 0.2) is 42.5 Å². The van der Waals surface area contributed by atoms with Gasteiger partial charge in [0.05, 0.1) is 0 Å². The molecule has 2 aromatic carbocycles. The zero-order valence-electron chi connectivity index (χ0n) is 17.4. The van der Waals surface area contributed by atoms with E-state index in [1.165, 1.54) is 23.2 Å². The van der Waals surface area contributed by atoms with E-state index in [2.05, 4.69) is 59.8 Å². The van der Waals surface area contributed by atoms with Gasteiger partial charge in [-0.25, -0.2) is 0 Å². The molecule has 0 spiro atoms. The van der Waals surface area contributed by atoms with Gasteiger partial charge in [0.25, 0.3) is 5.91 Å². The number of rotatable bonds is 8. The van der Waals surface area contributed by atoms with Gasteiger partial charge in [-0.3, -0.25) is 4.79 Å². The van der Waals surface area contributed by atoms with Gasteiger partial charge in [0, 0.05) is 30.9 Å². The van der Waals surface area contributed by atoms with Crippen LogP contribution >= 0.6 is 0 Å². The number of fused-ring (bicyclic) bond motifs is 1. The van der Waals surface area contributed by atoms with Crippen molar-refractivity contribution in [1.82, 2.24) is 10.6 Å². The molecule has 28 heavy (non-hydrogen) atoms. The average molecular weight is 380 g/mol. The van der Waals surface area contributed by atoms with Crippen molar-refractivity contribution >= 4 is 11.6 Å². The SMILES string of the molecule is CNCCCCCNC(=O)c1ccc(-c2ccc3c(c2)CC[C@H](C)N3C)cc1. The molecule has 4 nitrogen and oxygen atoms in total. The van der Waals surface area contributed by atoms with E-state index in [4.69, 9.17) is 0 Å². The van der Waals surface area contributed by atoms with Gasteiger partial charge in [0.2, 0.25) is 0 Å². The highest BCUT2D eigenvalue weighted by atomic mass is 16.1. The van der Waals surface area contributed by atoms with Crippen LogP contribution in [0.3, 0.4) is 0 Å². The van der Waals surface area contributed by atoms with Crippen molar-refractivity contribution in [2.24, 2.45) is 0 Å². The molecule has 1 aliphatic heterocycles. The quantitative estimate of drug-likeness (QED) is 0.674. The van der Waals surface area contributed by atoms with Crippen molar-refractivity contribution in [2.75, 3.05) is 32.1 Å². The van der Waals surface area contributed by atoms with Crippen molar-refractivity contribution in [3.05, 3.63) is 53.6 Å². The maximum absolute atomic E-state index is 12.3. The molecule has 0 saturated carbocycles. The average Bonchev–Trinajstić information content (AvgIpc) is 2.73. The van der Waals surface area contributed by atoms with Crippen LogP contribution in [0.25, 0.3) is 11.1 Å². The number of benzene rings is 2. The predicted molar refractivity (Wildman–Crippen MR) is 118 cm³/mol. The van der Waals surface area contributed by atoms with Gasteiger partial charge in [-0.05, 0) is 87.2 Å². The maximum Gasteiger partial charge on any atom is 0.251 e. The molecule has 1 aliphatic rings. The molecule has 0 radical (unpaired) electrons. The van der Waals surface area contributed by atoms with Crippen LogP contribution in [-0.4, -0.2) is 39.1 Å². The van der Waals surface area contributed by atoms with Crippen molar-refractivity contribution < 1.29 is 4.79 Å². The number of hydrogen-bond acceptors (Lipinski definition) is 3. The van der Waals surface area contributed by atoms with Crippen molar-refractivity contribution in [3.63, 3.8) is 0 Å². The normalized spacial score (nSPS) is 16.0. The van der Waals surface area contributed by atoms with Gasteiger partial charge in [0.15, 0.2) is 0 Å². The molecule has 0 aliphatic carbocycles. The Morgan fingerprint density at radius 2 is 1.75 bits per heavy atom. The molecule has 1 amide bonds. The lowest BCUT2D eigenvalue weighted by Crippen LogP contribution is -2.33. The van der Waals surface area contributed by atoms with Gasteiger partial charge in [-0.15, -0.1) is 0 Å². The number of amides is 1. The first-order chi connectivity index (χ1) is 13.6. The van der Waals surface area contributed by atoms with Crippen molar-refractivity contribution in [2.45, 2.75) is 45.1 Å². The molecular formula is C24H33N3O. The summed E-state index contributed by atoms with van der Waals surface area (Å²) in [6.07, 6.45) is 5.63. The molecule has 3 rings (SSSR count). The highest BCUT2D eigenvalue weighted by molar-refractivity contribution is 5.94. The molecule has 4 heteroatoms. The number of carbonyl (C=O) groups is 1. The summed E-state index contributed by atoms with van der Waals surface area (Å²) in [4.78, 5) is 14.7. The first-order valence-corrected chi connectivity index (χ1v) is 10.5. The minimum Gasteiger partial charge on any atom is -0.372 e. The number of hydrogen-bond donors (Lipinski definition) is 2. The molecule has 1 heterocycles. The highest BCUT2D eigenvalue weighted by Gasteiger charge is 2.20. The minimum absolute atomic E-state index is 0.0150. The number of nitrogens with zero attached hydrogens (tertiary/aromatic N) is 1. The van der Waals surface area contributed by atoms with E-state index < -0.39 is 0 Å². The molecule has 0 fully saturated rings. The number of nitrogens with one attached hydrogen (secondary N) is 2. The molecule has 0 unspecified atom stereocenters. The Hall–Kier alpha value is -2.33. The summed E-state index contributed by atoms with van der Waals surface area (Å²) < 4.78 is 0. The summed E-state index contributed by atoms with van der Waals surface area (Å²) in [7, 11) is 4.14. The van der Waals surface area contributed by atoms with E-state index in [1.807, 2.05) is 19.2 Å². The smallest absolute Gasteiger partial charge is 0.251 e. The molecule has 1 atom stereocenters. The number of aryl methyl sites for hydroxylation is 1. The Kier molecular flexibility index (Phi) is 7.10. The van der Waals surface area contributed by atoms with E-state index in [1.54, 1.807) is 0 Å². The monoisotopic (exact) mass is 379 g/mol. The van der Waals surface area contributed by atoms with Crippen LogP contribution < -0.4 is 15.5 Å². The number of carbonyl (C=O) groups excluding carboxylic acids is 1. The maximum atomic E-state index is 12.3. The van der Waals surface area contributed by atoms with Gasteiger partial charge < -0.3 is 15.5 Å². The lowest BCUT2D eigenvalue weighted by atomic mass is 9.93. The molecule has 0 aromatic heterocycles. The molecule has 2 aromatic rings. The molecule has 0 bridgehead atoms. The lowest BCUT2D eigenvalue weighted by Gasteiger charge is -2.34. The zero-order chi connectivity index (χ0) is 19.9. The Balaban J connectivity index is 1.59. The molecule has 2 N–H and O–H groups in total. The topological polar surface area (TPSA) is 44.4 Å². The van der Waals surface area contributed by atoms with Crippen LogP contribution in [0.2, 0.25) is 0 Å². The zero-order valence-corrected chi connectivity index (χ0v) is 17.4. The second-order valence-electron chi connectivity index (χ2n) is 7.84. The van der Waals surface area contributed by atoms with Gasteiger partial charge >= 0.3 is 0 Å². The number of anilines is 1. The van der Waals surface area contributed by atoms with Gasteiger partial charge in [-0.2, -0.15) is 0 Å². The van der Waals surface area contributed by atoms with Crippen LogP contribution in [0.5, 0.6) is 0 Å². The first-order valence-electron chi connectivity index (χ1n) is 10.5. The fraction of sp³-hybridized carbons (Fsp3) is 0.458. The van der Waals surface area contributed by atoms with Crippen molar-refractivity contribution in [3.8, 4) is 11.1 Å². The van der Waals surface area contributed by atoms with E-state index in [0.717, 1.165) is 49.9 Å². The van der Waals surface area contributed by atoms with E-state index >= 15 is 0 Å². The Morgan fingerprint density at radius 3 is 2.50 bits per heavy atom. The van der Waals surface area contributed by atoms with Crippen LogP contribution in [0.1, 0.15) is 48.5 Å². The summed E-state index contributed by atoms with van der Waals surface area (Å²) in [5.74, 6) is 0.0150. The number of unbranched alkanes of at least 4 members (excludes halogenated alkanes) is 2. The second-order valence-corrected chi connectivity index (χ2v) is 7.84. The first kappa shape index (κ1) is 20.4. The van der Waals surface area contributed by atoms with Crippen LogP contribution in [0.4, 0.5) is 5.69 Å². The Morgan fingerprint density at radius 1 is 1.04 bits per heavy atom. The van der Waals surface area contributed by atoms with Gasteiger partial charge in [0.1, 0.15) is 0 Å². The summed E-state index contributed by atoms with van der Waals surface area (Å²) in [5.41, 5.74) is 5.86.